The smallest absolute Gasteiger partial charge is 0.329 e. The Morgan fingerprint density at radius 3 is 2.62 bits per heavy atom. The van der Waals surface area contributed by atoms with Crippen LogP contribution in [0.15, 0.2) is 57.0 Å². The molecule has 1 aromatic carbocycles. The Kier molecular flexibility index (Phi) is 8.05. The van der Waals surface area contributed by atoms with Gasteiger partial charge in [0.25, 0.3) is 21.8 Å². The number of carbonyl (C=O) groups excluding carboxylic acids is 3. The van der Waals surface area contributed by atoms with E-state index >= 15 is 0 Å². The van der Waals surface area contributed by atoms with Gasteiger partial charge in [0.2, 0.25) is 0 Å². The number of rotatable bonds is 9. The van der Waals surface area contributed by atoms with E-state index in [2.05, 4.69) is 20.3 Å². The summed E-state index contributed by atoms with van der Waals surface area (Å²) in [5.74, 6) is -1.91. The van der Waals surface area contributed by atoms with Crippen LogP contribution in [0.3, 0.4) is 0 Å². The largest absolute Gasteiger partial charge is 0.459 e. The van der Waals surface area contributed by atoms with Gasteiger partial charge < -0.3 is 19.8 Å². The van der Waals surface area contributed by atoms with Crippen molar-refractivity contribution in [3.05, 3.63) is 48.4 Å². The van der Waals surface area contributed by atoms with Crippen LogP contribution < -0.4 is 15.4 Å². The third-order valence-electron chi connectivity index (χ3n) is 4.85. The Morgan fingerprint density at radius 1 is 1.18 bits per heavy atom. The molecule has 3 N–H and O–H groups in total. The summed E-state index contributed by atoms with van der Waals surface area (Å²) in [5.41, 5.74) is 0.212. The van der Waals surface area contributed by atoms with Gasteiger partial charge in [-0.25, -0.2) is 13.2 Å². The molecule has 34 heavy (non-hydrogen) atoms. The maximum Gasteiger partial charge on any atom is 0.329 e. The van der Waals surface area contributed by atoms with Crippen LogP contribution in [0.5, 0.6) is 0 Å². The van der Waals surface area contributed by atoms with Gasteiger partial charge in [-0.1, -0.05) is 19.9 Å². The lowest BCUT2D eigenvalue weighted by Gasteiger charge is -2.20. The molecule has 0 bridgehead atoms. The van der Waals surface area contributed by atoms with E-state index in [1.54, 1.807) is 19.9 Å². The van der Waals surface area contributed by atoms with Crippen LogP contribution in [0.1, 0.15) is 37.2 Å². The molecule has 0 saturated heterocycles. The quantitative estimate of drug-likeness (QED) is 0.452. The first kappa shape index (κ1) is 25.0. The number of ether oxygens (including phenoxy) is 1. The number of amidine groups is 1. The average molecular weight is 491 g/mol. The van der Waals surface area contributed by atoms with Gasteiger partial charge >= 0.3 is 5.97 Å². The van der Waals surface area contributed by atoms with Gasteiger partial charge in [0.1, 0.15) is 11.9 Å². The first-order chi connectivity index (χ1) is 16.2. The molecule has 2 amide bonds. The second-order valence-electron chi connectivity index (χ2n) is 7.89. The predicted molar refractivity (Wildman–Crippen MR) is 123 cm³/mol. The molecule has 0 spiro atoms. The SMILES string of the molecule is CC(C)C(NC(=O)c1ccco1)C(=O)OCC(=O)Nc1cccc(S(=O)(=O)NC2=NCCC2)c1. The molecule has 0 aliphatic carbocycles. The van der Waals surface area contributed by atoms with Crippen LogP contribution in [0.2, 0.25) is 0 Å². The number of esters is 1. The highest BCUT2D eigenvalue weighted by Crippen LogP contribution is 2.16. The number of amides is 2. The van der Waals surface area contributed by atoms with Crippen molar-refractivity contribution in [3.8, 4) is 0 Å². The fraction of sp³-hybridized carbons (Fsp3) is 0.364. The Bertz CT molecular complexity index is 1170. The molecular weight excluding hydrogens is 464 g/mol. The number of hydrogen-bond donors (Lipinski definition) is 3. The standard InChI is InChI=1S/C22H26N4O7S/c1-14(2)20(25-21(28)17-8-5-11-32-17)22(29)33-13-19(27)24-15-6-3-7-16(12-15)34(30,31)26-18-9-4-10-23-18/h3,5-8,11-12,14,20H,4,9-10,13H2,1-2H3,(H,23,26)(H,24,27)(H,25,28). The molecule has 0 fully saturated rings. The Hall–Kier alpha value is -3.67. The van der Waals surface area contributed by atoms with Crippen molar-refractivity contribution in [2.45, 2.75) is 37.6 Å². The molecule has 1 unspecified atom stereocenters. The van der Waals surface area contributed by atoms with Gasteiger partial charge in [0, 0.05) is 18.7 Å². The van der Waals surface area contributed by atoms with Crippen molar-refractivity contribution < 1.29 is 32.0 Å². The number of benzene rings is 1. The van der Waals surface area contributed by atoms with Gasteiger partial charge in [-0.05, 0) is 42.7 Å². The van der Waals surface area contributed by atoms with Gasteiger partial charge in [-0.15, -0.1) is 0 Å². The van der Waals surface area contributed by atoms with Gasteiger partial charge in [0.05, 0.1) is 11.2 Å². The van der Waals surface area contributed by atoms with E-state index in [0.717, 1.165) is 6.42 Å². The monoisotopic (exact) mass is 490 g/mol. The fourth-order valence-electron chi connectivity index (χ4n) is 3.12. The number of sulfonamides is 1. The molecule has 1 atom stereocenters. The van der Waals surface area contributed by atoms with Crippen molar-refractivity contribution in [1.82, 2.24) is 10.0 Å². The van der Waals surface area contributed by atoms with E-state index in [0.29, 0.717) is 18.8 Å². The molecule has 2 heterocycles. The van der Waals surface area contributed by atoms with Gasteiger partial charge in [-0.2, -0.15) is 0 Å². The zero-order chi connectivity index (χ0) is 24.7. The lowest BCUT2D eigenvalue weighted by atomic mass is 10.0. The summed E-state index contributed by atoms with van der Waals surface area (Å²) in [4.78, 5) is 41.0. The number of carbonyl (C=O) groups is 3. The van der Waals surface area contributed by atoms with Gasteiger partial charge in [-0.3, -0.25) is 19.3 Å². The van der Waals surface area contributed by atoms with E-state index in [4.69, 9.17) is 9.15 Å². The zero-order valence-electron chi connectivity index (χ0n) is 18.7. The van der Waals surface area contributed by atoms with Crippen LogP contribution in [-0.4, -0.2) is 51.2 Å². The number of aliphatic imine (C=N–C) groups is 1. The topological polar surface area (TPSA) is 156 Å². The van der Waals surface area contributed by atoms with Crippen molar-refractivity contribution in [1.29, 1.82) is 0 Å². The minimum absolute atomic E-state index is 0.0421. The summed E-state index contributed by atoms with van der Waals surface area (Å²) < 4.78 is 37.6. The molecule has 2 aromatic rings. The Balaban J connectivity index is 1.56. The summed E-state index contributed by atoms with van der Waals surface area (Å²) in [6.07, 6.45) is 2.68. The van der Waals surface area contributed by atoms with Crippen molar-refractivity contribution in [3.63, 3.8) is 0 Å². The molecule has 182 valence electrons. The lowest BCUT2D eigenvalue weighted by Crippen LogP contribution is -2.45. The molecule has 1 aliphatic rings. The number of nitrogens with zero attached hydrogens (tertiary/aromatic N) is 1. The lowest BCUT2D eigenvalue weighted by molar-refractivity contribution is -0.150. The van der Waals surface area contributed by atoms with Crippen LogP contribution in [-0.2, 0) is 24.3 Å². The van der Waals surface area contributed by atoms with Crippen molar-refractivity contribution in [2.24, 2.45) is 10.9 Å². The zero-order valence-corrected chi connectivity index (χ0v) is 19.6. The molecule has 3 rings (SSSR count). The summed E-state index contributed by atoms with van der Waals surface area (Å²) >= 11 is 0. The summed E-state index contributed by atoms with van der Waals surface area (Å²) in [5, 5.41) is 5.02. The predicted octanol–water partition coefficient (Wildman–Crippen LogP) is 1.69. The van der Waals surface area contributed by atoms with Gasteiger partial charge in [0.15, 0.2) is 12.4 Å². The minimum atomic E-state index is -3.84. The Labute approximate surface area is 197 Å². The number of nitrogens with one attached hydrogen (secondary N) is 3. The van der Waals surface area contributed by atoms with Crippen LogP contribution in [0.25, 0.3) is 0 Å². The van der Waals surface area contributed by atoms with E-state index in [-0.39, 0.29) is 22.3 Å². The number of hydrogen-bond acceptors (Lipinski definition) is 8. The third kappa shape index (κ3) is 6.67. The molecular formula is C22H26N4O7S. The highest BCUT2D eigenvalue weighted by atomic mass is 32.2. The van der Waals surface area contributed by atoms with E-state index < -0.39 is 40.5 Å². The van der Waals surface area contributed by atoms with E-state index in [1.807, 2.05) is 0 Å². The first-order valence-electron chi connectivity index (χ1n) is 10.6. The fourth-order valence-corrected chi connectivity index (χ4v) is 4.25. The first-order valence-corrected chi connectivity index (χ1v) is 12.1. The second kappa shape index (κ2) is 11.0. The molecule has 0 saturated carbocycles. The third-order valence-corrected chi connectivity index (χ3v) is 6.23. The normalized spacial score (nSPS) is 14.3. The van der Waals surface area contributed by atoms with E-state index in [1.165, 1.54) is 36.6 Å². The second-order valence-corrected chi connectivity index (χ2v) is 9.58. The maximum atomic E-state index is 12.5. The molecule has 1 aliphatic heterocycles. The average Bonchev–Trinajstić information content (AvgIpc) is 3.50. The van der Waals surface area contributed by atoms with Crippen LogP contribution in [0, 0.1) is 5.92 Å². The number of furan rings is 1. The summed E-state index contributed by atoms with van der Waals surface area (Å²) in [6.45, 7) is 3.39. The Morgan fingerprint density at radius 2 is 1.97 bits per heavy atom. The molecule has 1 aromatic heterocycles. The minimum Gasteiger partial charge on any atom is -0.459 e. The maximum absolute atomic E-state index is 12.5. The summed E-state index contributed by atoms with van der Waals surface area (Å²) in [6, 6.07) is 7.67. The van der Waals surface area contributed by atoms with Crippen LogP contribution in [0.4, 0.5) is 5.69 Å². The number of anilines is 1. The van der Waals surface area contributed by atoms with Crippen molar-refractivity contribution >= 4 is 39.3 Å². The highest BCUT2D eigenvalue weighted by Gasteiger charge is 2.27. The van der Waals surface area contributed by atoms with Crippen LogP contribution >= 0.6 is 0 Å². The molecule has 12 heteroatoms. The molecule has 0 radical (unpaired) electrons. The molecule has 11 nitrogen and oxygen atoms in total. The highest BCUT2D eigenvalue weighted by molar-refractivity contribution is 7.90. The van der Waals surface area contributed by atoms with Crippen molar-refractivity contribution in [2.75, 3.05) is 18.5 Å². The van der Waals surface area contributed by atoms with E-state index in [9.17, 15) is 22.8 Å². The summed E-state index contributed by atoms with van der Waals surface area (Å²) in [7, 11) is -3.84.